The minimum atomic E-state index is -0.109. The van der Waals surface area contributed by atoms with Crippen molar-refractivity contribution in [3.05, 3.63) is 236 Å². The highest BCUT2D eigenvalue weighted by atomic mass is 15.1. The Morgan fingerprint density at radius 1 is 0.274 bits per heavy atom. The van der Waals surface area contributed by atoms with Crippen LogP contribution in [-0.4, -0.2) is 0 Å². The van der Waals surface area contributed by atoms with Crippen molar-refractivity contribution >= 4 is 60.2 Å². The van der Waals surface area contributed by atoms with Gasteiger partial charge in [-0.25, -0.2) is 0 Å². The summed E-state index contributed by atoms with van der Waals surface area (Å²) < 4.78 is 0. The Bertz CT molecular complexity index is 3500. The molecule has 0 heterocycles. The van der Waals surface area contributed by atoms with Crippen LogP contribution in [0.3, 0.4) is 0 Å². The summed E-state index contributed by atoms with van der Waals surface area (Å²) in [6.07, 6.45) is 0. The second-order valence-electron chi connectivity index (χ2n) is 17.3. The van der Waals surface area contributed by atoms with Crippen LogP contribution >= 0.6 is 0 Å². The van der Waals surface area contributed by atoms with Gasteiger partial charge in [0, 0.05) is 22.5 Å². The molecule has 0 saturated carbocycles. The van der Waals surface area contributed by atoms with E-state index in [-0.39, 0.29) is 5.41 Å². The lowest BCUT2D eigenvalue weighted by molar-refractivity contribution is 0.660. The van der Waals surface area contributed by atoms with E-state index in [0.717, 1.165) is 17.1 Å². The van der Waals surface area contributed by atoms with Crippen LogP contribution in [0.4, 0.5) is 17.1 Å². The van der Waals surface area contributed by atoms with Crippen molar-refractivity contribution in [2.24, 2.45) is 0 Å². The van der Waals surface area contributed by atoms with Gasteiger partial charge < -0.3 is 4.90 Å². The molecule has 1 aliphatic rings. The fourth-order valence-electron chi connectivity index (χ4n) is 10.3. The van der Waals surface area contributed by atoms with Crippen LogP contribution in [0.15, 0.2) is 224 Å². The number of rotatable bonds is 6. The molecule has 0 bridgehead atoms. The quantitative estimate of drug-likeness (QED) is 0.152. The van der Waals surface area contributed by atoms with Crippen molar-refractivity contribution in [1.29, 1.82) is 0 Å². The smallest absolute Gasteiger partial charge is 0.0465 e. The molecule has 0 radical (unpaired) electrons. The minimum Gasteiger partial charge on any atom is -0.310 e. The van der Waals surface area contributed by atoms with Gasteiger partial charge in [-0.1, -0.05) is 190 Å². The summed E-state index contributed by atoms with van der Waals surface area (Å²) in [7, 11) is 0. The number of hydrogen-bond donors (Lipinski definition) is 0. The van der Waals surface area contributed by atoms with Crippen molar-refractivity contribution in [3.8, 4) is 44.5 Å². The van der Waals surface area contributed by atoms with Crippen LogP contribution in [0.25, 0.3) is 87.6 Å². The normalized spacial score (nSPS) is 12.8. The van der Waals surface area contributed by atoms with E-state index in [4.69, 9.17) is 0 Å². The average molecular weight is 790 g/mol. The van der Waals surface area contributed by atoms with E-state index in [9.17, 15) is 0 Å². The van der Waals surface area contributed by atoms with Crippen LogP contribution in [0, 0.1) is 0 Å². The highest BCUT2D eigenvalue weighted by Crippen LogP contribution is 2.51. The van der Waals surface area contributed by atoms with Crippen LogP contribution in [-0.2, 0) is 5.41 Å². The number of fused-ring (bicyclic) bond motifs is 10. The fraction of sp³-hybridized carbons (Fsp3) is 0.0492. The summed E-state index contributed by atoms with van der Waals surface area (Å²) in [4.78, 5) is 2.42. The largest absolute Gasteiger partial charge is 0.310 e. The predicted octanol–water partition coefficient (Wildman–Crippen LogP) is 17.1. The second-order valence-corrected chi connectivity index (χ2v) is 17.3. The van der Waals surface area contributed by atoms with E-state index in [2.05, 4.69) is 243 Å². The first-order valence-electron chi connectivity index (χ1n) is 21.7. The summed E-state index contributed by atoms with van der Waals surface area (Å²) in [6.45, 7) is 4.72. The molecule has 0 spiro atoms. The maximum absolute atomic E-state index is 2.42. The van der Waals surface area contributed by atoms with Crippen LogP contribution < -0.4 is 4.90 Å². The summed E-state index contributed by atoms with van der Waals surface area (Å²) in [6, 6.07) is 82.9. The third kappa shape index (κ3) is 5.77. The topological polar surface area (TPSA) is 3.24 Å². The van der Waals surface area contributed by atoms with Gasteiger partial charge in [0.15, 0.2) is 0 Å². The van der Waals surface area contributed by atoms with Gasteiger partial charge >= 0.3 is 0 Å². The molecule has 0 aliphatic heterocycles. The third-order valence-electron chi connectivity index (χ3n) is 13.5. The monoisotopic (exact) mass is 789 g/mol. The minimum absolute atomic E-state index is 0.109. The molecular weight excluding hydrogens is 747 g/mol. The van der Waals surface area contributed by atoms with Gasteiger partial charge in [-0.3, -0.25) is 0 Å². The highest BCUT2D eigenvalue weighted by Gasteiger charge is 2.35. The molecule has 62 heavy (non-hydrogen) atoms. The third-order valence-corrected chi connectivity index (χ3v) is 13.5. The van der Waals surface area contributed by atoms with Crippen molar-refractivity contribution in [2.75, 3.05) is 4.90 Å². The van der Waals surface area contributed by atoms with E-state index in [1.807, 2.05) is 0 Å². The zero-order valence-electron chi connectivity index (χ0n) is 34.8. The van der Waals surface area contributed by atoms with Gasteiger partial charge in [0.2, 0.25) is 0 Å². The molecule has 0 fully saturated rings. The molecule has 1 nitrogen and oxygen atoms in total. The Morgan fingerprint density at radius 3 is 1.44 bits per heavy atom. The van der Waals surface area contributed by atoms with Crippen molar-refractivity contribution < 1.29 is 0 Å². The number of benzene rings is 11. The van der Waals surface area contributed by atoms with Crippen LogP contribution in [0.5, 0.6) is 0 Å². The fourth-order valence-corrected chi connectivity index (χ4v) is 10.3. The molecule has 0 N–H and O–H groups in total. The maximum Gasteiger partial charge on any atom is 0.0465 e. The molecule has 1 aliphatic carbocycles. The Balaban J connectivity index is 0.948. The average Bonchev–Trinajstić information content (AvgIpc) is 3.57. The van der Waals surface area contributed by atoms with E-state index in [1.54, 1.807) is 0 Å². The lowest BCUT2D eigenvalue weighted by Crippen LogP contribution is -2.16. The maximum atomic E-state index is 2.42. The highest BCUT2D eigenvalue weighted by molar-refractivity contribution is 6.25. The van der Waals surface area contributed by atoms with E-state index in [0.29, 0.717) is 0 Å². The lowest BCUT2D eigenvalue weighted by atomic mass is 9.82. The van der Waals surface area contributed by atoms with Gasteiger partial charge in [-0.15, -0.1) is 0 Å². The van der Waals surface area contributed by atoms with Crippen LogP contribution in [0.2, 0.25) is 0 Å². The van der Waals surface area contributed by atoms with Gasteiger partial charge in [-0.2, -0.15) is 0 Å². The molecule has 0 unspecified atom stereocenters. The molecule has 0 atom stereocenters. The summed E-state index contributed by atoms with van der Waals surface area (Å²) >= 11 is 0. The SMILES string of the molecule is CC1(C)c2ccccc2-c2ccc(N(c3ccc(-c4cccc(-c5cccc6ccccc56)c4)cc3)c3ccc(-c4ccc5c6ccccc6c6ccccc6c5c4)cc3)cc21. The molecule has 0 aromatic heterocycles. The van der Waals surface area contributed by atoms with Crippen molar-refractivity contribution in [1.82, 2.24) is 0 Å². The van der Waals surface area contributed by atoms with Gasteiger partial charge in [0.05, 0.1) is 0 Å². The van der Waals surface area contributed by atoms with E-state index in [1.165, 1.54) is 98.7 Å². The number of anilines is 3. The molecule has 0 amide bonds. The molecule has 12 rings (SSSR count). The molecule has 11 aromatic rings. The Morgan fingerprint density at radius 2 is 0.742 bits per heavy atom. The first-order chi connectivity index (χ1) is 30.5. The van der Waals surface area contributed by atoms with E-state index >= 15 is 0 Å². The molecule has 0 saturated heterocycles. The van der Waals surface area contributed by atoms with Gasteiger partial charge in [0.1, 0.15) is 0 Å². The molecule has 1 heteroatoms. The molecular formula is C61H43N. The number of hydrogen-bond acceptors (Lipinski definition) is 1. The first-order valence-corrected chi connectivity index (χ1v) is 21.7. The summed E-state index contributed by atoms with van der Waals surface area (Å²) in [5.41, 5.74) is 15.9. The Labute approximate surface area is 362 Å². The van der Waals surface area contributed by atoms with Crippen LogP contribution in [0.1, 0.15) is 25.0 Å². The zero-order chi connectivity index (χ0) is 41.4. The Hall–Kier alpha value is -7.74. The Kier molecular flexibility index (Phi) is 8.27. The van der Waals surface area contributed by atoms with Crippen molar-refractivity contribution in [2.45, 2.75) is 19.3 Å². The van der Waals surface area contributed by atoms with Gasteiger partial charge in [-0.05, 0) is 147 Å². The molecule has 292 valence electrons. The lowest BCUT2D eigenvalue weighted by Gasteiger charge is -2.28. The van der Waals surface area contributed by atoms with E-state index < -0.39 is 0 Å². The predicted molar refractivity (Wildman–Crippen MR) is 265 cm³/mol. The summed E-state index contributed by atoms with van der Waals surface area (Å²) in [5, 5.41) is 10.3. The standard InChI is InChI=1S/C61H43N/c1-61(2)59-24-10-9-22-56(59)57-36-34-48(39-60(57)61)62(46-30-25-40(26-31-46)43-15-11-16-45(37-43)50-23-12-14-42-13-3-4-17-49(42)50)47-32-27-41(28-33-47)44-29-35-55-53-20-6-5-18-51(53)52-19-7-8-21-54(52)58(55)38-44/h3-39H,1-2H3. The van der Waals surface area contributed by atoms with Crippen molar-refractivity contribution in [3.63, 3.8) is 0 Å². The summed E-state index contributed by atoms with van der Waals surface area (Å²) in [5.74, 6) is 0. The zero-order valence-corrected chi connectivity index (χ0v) is 34.8. The number of nitrogens with zero attached hydrogens (tertiary/aromatic N) is 1. The van der Waals surface area contributed by atoms with Gasteiger partial charge in [0.25, 0.3) is 0 Å². The second kappa shape index (κ2) is 14.2. The first kappa shape index (κ1) is 36.1. The molecule has 11 aromatic carbocycles.